The standard InChI is InChI=1S/C23H22F3N3O3/c1-13-7-9-16(10-8-13)21-20(15(3)30)14(2)29(22(32)28(21)12-19(27)31)18-6-4-5-17(11-18)23(24,25)26/h4-11,21H,12H2,1-3H3,(H2,27,31)/t21-/m1/s1. The van der Waals surface area contributed by atoms with E-state index in [1.807, 2.05) is 6.92 Å². The van der Waals surface area contributed by atoms with E-state index in [1.54, 1.807) is 24.3 Å². The molecule has 2 aromatic rings. The highest BCUT2D eigenvalue weighted by Crippen LogP contribution is 2.40. The summed E-state index contributed by atoms with van der Waals surface area (Å²) in [6.07, 6.45) is -4.62. The van der Waals surface area contributed by atoms with Crippen LogP contribution in [0.2, 0.25) is 0 Å². The smallest absolute Gasteiger partial charge is 0.368 e. The number of ketones is 1. The van der Waals surface area contributed by atoms with Gasteiger partial charge in [0.15, 0.2) is 5.78 Å². The van der Waals surface area contributed by atoms with Crippen molar-refractivity contribution in [1.82, 2.24) is 4.90 Å². The van der Waals surface area contributed by atoms with Crippen molar-refractivity contribution in [3.63, 3.8) is 0 Å². The van der Waals surface area contributed by atoms with Crippen LogP contribution in [-0.2, 0) is 15.8 Å². The molecule has 0 aliphatic carbocycles. The summed E-state index contributed by atoms with van der Waals surface area (Å²) in [5, 5.41) is 0. The quantitative estimate of drug-likeness (QED) is 0.743. The van der Waals surface area contributed by atoms with Gasteiger partial charge in [0, 0.05) is 11.3 Å². The fourth-order valence-electron chi connectivity index (χ4n) is 3.85. The Kier molecular flexibility index (Phi) is 6.11. The summed E-state index contributed by atoms with van der Waals surface area (Å²) in [5.74, 6) is -1.20. The van der Waals surface area contributed by atoms with Crippen LogP contribution in [0.3, 0.4) is 0 Å². The van der Waals surface area contributed by atoms with Gasteiger partial charge in [-0.1, -0.05) is 35.9 Å². The number of rotatable bonds is 5. The molecule has 1 aliphatic heterocycles. The number of primary amides is 1. The SMILES string of the molecule is CC(=O)C1=C(C)N(c2cccc(C(F)(F)F)c2)C(=O)N(CC(N)=O)[C@@H]1c1ccc(C)cc1. The van der Waals surface area contributed by atoms with E-state index < -0.39 is 36.3 Å². The number of Topliss-reactive ketones (excluding diaryl/α,β-unsaturated/α-hetero) is 1. The molecule has 1 aliphatic rings. The van der Waals surface area contributed by atoms with Crippen LogP contribution in [0.15, 0.2) is 59.8 Å². The molecule has 9 heteroatoms. The Morgan fingerprint density at radius 2 is 1.69 bits per heavy atom. The summed E-state index contributed by atoms with van der Waals surface area (Å²) in [4.78, 5) is 40.1. The first-order valence-corrected chi connectivity index (χ1v) is 9.76. The number of aryl methyl sites for hydroxylation is 1. The van der Waals surface area contributed by atoms with Crippen LogP contribution in [0.1, 0.15) is 36.6 Å². The molecule has 0 saturated heterocycles. The van der Waals surface area contributed by atoms with E-state index in [2.05, 4.69) is 0 Å². The number of halogens is 3. The van der Waals surface area contributed by atoms with Crippen molar-refractivity contribution in [2.75, 3.05) is 11.4 Å². The molecule has 168 valence electrons. The van der Waals surface area contributed by atoms with E-state index in [9.17, 15) is 27.6 Å². The third-order valence-corrected chi connectivity index (χ3v) is 5.28. The number of nitrogens with two attached hydrogens (primary N) is 1. The first-order chi connectivity index (χ1) is 14.9. The predicted molar refractivity (Wildman–Crippen MR) is 113 cm³/mol. The zero-order valence-corrected chi connectivity index (χ0v) is 17.7. The molecule has 0 saturated carbocycles. The van der Waals surface area contributed by atoms with Gasteiger partial charge in [0.05, 0.1) is 17.3 Å². The third kappa shape index (κ3) is 4.37. The van der Waals surface area contributed by atoms with Crippen LogP contribution in [0.5, 0.6) is 0 Å². The van der Waals surface area contributed by atoms with Crippen molar-refractivity contribution in [2.24, 2.45) is 5.73 Å². The maximum Gasteiger partial charge on any atom is 0.416 e. The summed E-state index contributed by atoms with van der Waals surface area (Å²) in [5.41, 5.74) is 6.27. The second-order valence-electron chi connectivity index (χ2n) is 7.63. The maximum absolute atomic E-state index is 13.5. The summed E-state index contributed by atoms with van der Waals surface area (Å²) in [7, 11) is 0. The molecule has 0 spiro atoms. The number of benzene rings is 2. The predicted octanol–water partition coefficient (Wildman–Crippen LogP) is 4.35. The van der Waals surface area contributed by atoms with Crippen molar-refractivity contribution in [3.05, 3.63) is 76.5 Å². The molecule has 0 unspecified atom stereocenters. The van der Waals surface area contributed by atoms with E-state index in [-0.39, 0.29) is 22.7 Å². The third-order valence-electron chi connectivity index (χ3n) is 5.28. The van der Waals surface area contributed by atoms with E-state index in [4.69, 9.17) is 5.73 Å². The zero-order chi connectivity index (χ0) is 23.8. The van der Waals surface area contributed by atoms with Crippen LogP contribution in [0.4, 0.5) is 23.7 Å². The molecule has 0 fully saturated rings. The molecule has 1 heterocycles. The normalized spacial score (nSPS) is 17.1. The Labute approximate surface area is 183 Å². The molecule has 3 amide bonds. The van der Waals surface area contributed by atoms with Gasteiger partial charge in [0.25, 0.3) is 0 Å². The summed E-state index contributed by atoms with van der Waals surface area (Å²) in [6.45, 7) is 4.16. The Hall–Kier alpha value is -3.62. The molecule has 0 aromatic heterocycles. The van der Waals surface area contributed by atoms with Crippen LogP contribution in [0, 0.1) is 6.92 Å². The molecule has 2 aromatic carbocycles. The number of amides is 3. The van der Waals surface area contributed by atoms with Crippen molar-refractivity contribution in [2.45, 2.75) is 33.0 Å². The van der Waals surface area contributed by atoms with E-state index in [1.165, 1.54) is 26.0 Å². The Morgan fingerprint density at radius 3 is 2.22 bits per heavy atom. The lowest BCUT2D eigenvalue weighted by atomic mass is 9.90. The number of nitrogens with zero attached hydrogens (tertiary/aromatic N) is 2. The van der Waals surface area contributed by atoms with E-state index in [0.29, 0.717) is 5.56 Å². The highest BCUT2D eigenvalue weighted by Gasteiger charge is 2.42. The Morgan fingerprint density at radius 1 is 1.06 bits per heavy atom. The number of hydrogen-bond acceptors (Lipinski definition) is 3. The van der Waals surface area contributed by atoms with Gasteiger partial charge in [-0.05, 0) is 44.5 Å². The molecule has 6 nitrogen and oxygen atoms in total. The minimum absolute atomic E-state index is 0.0714. The average Bonchev–Trinajstić information content (AvgIpc) is 2.69. The summed E-state index contributed by atoms with van der Waals surface area (Å²) >= 11 is 0. The van der Waals surface area contributed by atoms with Crippen LogP contribution in [-0.4, -0.2) is 29.2 Å². The number of carbonyl (C=O) groups excluding carboxylic acids is 3. The minimum Gasteiger partial charge on any atom is -0.368 e. The zero-order valence-electron chi connectivity index (χ0n) is 17.7. The Bertz CT molecular complexity index is 1110. The van der Waals surface area contributed by atoms with Crippen molar-refractivity contribution in [3.8, 4) is 0 Å². The minimum atomic E-state index is -4.62. The number of anilines is 1. The lowest BCUT2D eigenvalue weighted by Gasteiger charge is -2.42. The van der Waals surface area contributed by atoms with Crippen molar-refractivity contribution >= 4 is 23.4 Å². The largest absolute Gasteiger partial charge is 0.416 e. The van der Waals surface area contributed by atoms with Gasteiger partial charge in [-0.3, -0.25) is 14.5 Å². The van der Waals surface area contributed by atoms with Crippen LogP contribution >= 0.6 is 0 Å². The number of allylic oxidation sites excluding steroid dienone is 1. The van der Waals surface area contributed by atoms with Crippen LogP contribution < -0.4 is 10.6 Å². The lowest BCUT2D eigenvalue weighted by Crippen LogP contribution is -2.53. The second-order valence-corrected chi connectivity index (χ2v) is 7.63. The van der Waals surface area contributed by atoms with Gasteiger partial charge < -0.3 is 10.6 Å². The molecule has 32 heavy (non-hydrogen) atoms. The van der Waals surface area contributed by atoms with Gasteiger partial charge in [-0.2, -0.15) is 13.2 Å². The van der Waals surface area contributed by atoms with Gasteiger partial charge in [-0.15, -0.1) is 0 Å². The highest BCUT2D eigenvalue weighted by molar-refractivity contribution is 6.05. The molecule has 1 atom stereocenters. The van der Waals surface area contributed by atoms with Crippen molar-refractivity contribution < 1.29 is 27.6 Å². The van der Waals surface area contributed by atoms with Gasteiger partial charge in [0.2, 0.25) is 5.91 Å². The molecular weight excluding hydrogens is 423 g/mol. The second kappa shape index (κ2) is 8.49. The molecule has 0 radical (unpaired) electrons. The fraction of sp³-hybridized carbons (Fsp3) is 0.261. The lowest BCUT2D eigenvalue weighted by molar-refractivity contribution is -0.137. The summed E-state index contributed by atoms with van der Waals surface area (Å²) < 4.78 is 39.8. The highest BCUT2D eigenvalue weighted by atomic mass is 19.4. The maximum atomic E-state index is 13.5. The first-order valence-electron chi connectivity index (χ1n) is 9.76. The van der Waals surface area contributed by atoms with E-state index in [0.717, 1.165) is 27.5 Å². The van der Waals surface area contributed by atoms with Gasteiger partial charge in [-0.25, -0.2) is 4.79 Å². The molecule has 2 N–H and O–H groups in total. The first kappa shape index (κ1) is 23.1. The number of hydrogen-bond donors (Lipinski definition) is 1. The van der Waals surface area contributed by atoms with Gasteiger partial charge in [0.1, 0.15) is 6.54 Å². The molecule has 0 bridgehead atoms. The van der Waals surface area contributed by atoms with Crippen LogP contribution in [0.25, 0.3) is 0 Å². The fourth-order valence-corrected chi connectivity index (χ4v) is 3.85. The summed E-state index contributed by atoms with van der Waals surface area (Å²) in [6, 6.07) is 9.64. The molecule has 3 rings (SSSR count). The number of alkyl halides is 3. The van der Waals surface area contributed by atoms with E-state index >= 15 is 0 Å². The van der Waals surface area contributed by atoms with Crippen molar-refractivity contribution in [1.29, 1.82) is 0 Å². The average molecular weight is 445 g/mol. The van der Waals surface area contributed by atoms with Gasteiger partial charge >= 0.3 is 12.2 Å². The number of urea groups is 1. The molecular formula is C23H22F3N3O3. The topological polar surface area (TPSA) is 83.7 Å². The monoisotopic (exact) mass is 445 g/mol. The number of carbonyl (C=O) groups is 3. The Balaban J connectivity index is 2.25.